The summed E-state index contributed by atoms with van der Waals surface area (Å²) in [7, 11) is 0. The largest absolute Gasteiger partial charge is 0.449 e. The molecule has 0 amide bonds. The molecule has 22 atom stereocenters. The van der Waals surface area contributed by atoms with E-state index in [1.54, 1.807) is 12.4 Å². The van der Waals surface area contributed by atoms with Crippen molar-refractivity contribution in [1.29, 1.82) is 0 Å². The van der Waals surface area contributed by atoms with Crippen LogP contribution in [0.25, 0.3) is 0 Å². The molecule has 7 nitrogen and oxygen atoms in total. The molecule has 0 saturated heterocycles. The molecule has 1 aromatic heterocycles. The van der Waals surface area contributed by atoms with E-state index in [4.69, 9.17) is 6.11 Å². The molecule has 8 saturated carbocycles. The molecule has 360 valence electrons. The van der Waals surface area contributed by atoms with Gasteiger partial charge in [-0.25, -0.2) is 14.3 Å². The summed E-state index contributed by atoms with van der Waals surface area (Å²) in [6.07, 6.45) is 24.5. The van der Waals surface area contributed by atoms with Crippen LogP contribution in [0.2, 0.25) is 0 Å². The van der Waals surface area contributed by atoms with Crippen molar-refractivity contribution in [3.8, 4) is 0 Å². The quantitative estimate of drug-likeness (QED) is 0.186. The number of aromatic nitrogens is 2. The predicted octanol–water partition coefficient (Wildman–Crippen LogP) is 13.0. The highest BCUT2D eigenvalue weighted by molar-refractivity contribution is 14.1. The number of hydrogen-bond donors (Lipinski definition) is 3. The van der Waals surface area contributed by atoms with Crippen LogP contribution in [0.3, 0.4) is 0 Å². The van der Waals surface area contributed by atoms with Crippen molar-refractivity contribution in [2.75, 3.05) is 18.1 Å². The van der Waals surface area contributed by atoms with Crippen LogP contribution >= 0.6 is 22.6 Å². The van der Waals surface area contributed by atoms with Crippen LogP contribution in [0.1, 0.15) is 173 Å². The summed E-state index contributed by atoms with van der Waals surface area (Å²) in [6, 6.07) is 0. The standard InChI is InChI=1S/C29H46N2O3.C25H44O2.CH3I/c1-6-20-24-15-18(2)9-11-29(24,5)23-10-12-28(4)21(7-8-22(28)25(23)26(20)32)19(3)16-34-27(33)31-14-13-30-17-31;1-6-17-21-13-15(2)9-11-25(21,5)20-10-12-24(4)18(16(3)14-26)7-8-19(24)22(20)23(17)27;1-2/h13-14,17-26,32H,6-12,15-16H2,1-5H3;15-23,26-27H,6-14H2,1-5H3;1H3/t18-,19-,20-,21-,22+,23+,24+,25+,26-,28-,29-;15-,16-,17-,18-,19+,20+,21+,22+,23-,24-,25-;/m11./s1/i;;1D. The highest BCUT2D eigenvalue weighted by Crippen LogP contribution is 2.71. The Balaban J connectivity index is 0.000000185. The molecule has 9 rings (SSSR count). The van der Waals surface area contributed by atoms with E-state index in [1.807, 2.05) is 22.6 Å². The lowest BCUT2D eigenvalue weighted by Gasteiger charge is -2.65. The molecule has 0 aromatic carbocycles. The fourth-order valence-electron chi connectivity index (χ4n) is 19.2. The Kier molecular flexibility index (Phi) is 15.3. The van der Waals surface area contributed by atoms with Gasteiger partial charge in [0, 0.05) is 20.4 Å². The number of rotatable bonds is 7. The third-order valence-electron chi connectivity index (χ3n) is 22.4. The summed E-state index contributed by atoms with van der Waals surface area (Å²) < 4.78 is 13.3. The molecule has 1 aromatic rings. The summed E-state index contributed by atoms with van der Waals surface area (Å²) >= 11 is 1.96. The Morgan fingerprint density at radius 1 is 0.730 bits per heavy atom. The van der Waals surface area contributed by atoms with Crippen LogP contribution in [0, 0.1) is 116 Å². The zero-order valence-electron chi connectivity index (χ0n) is 42.5. The van der Waals surface area contributed by atoms with Gasteiger partial charge in [-0.3, -0.25) is 0 Å². The average Bonchev–Trinajstić information content (AvgIpc) is 4.02. The van der Waals surface area contributed by atoms with Crippen LogP contribution in [-0.2, 0) is 4.74 Å². The molecule has 8 heteroatoms. The minimum atomic E-state index is -0.341. The monoisotopic (exact) mass is 990 g/mol. The molecular weight excluding hydrogens is 896 g/mol. The first kappa shape index (κ1) is 48.7. The molecule has 0 spiro atoms. The third-order valence-corrected chi connectivity index (χ3v) is 22.4. The number of carbonyl (C=O) groups excluding carboxylic acids is 1. The topological polar surface area (TPSA) is 105 Å². The molecule has 3 N–H and O–H groups in total. The number of carbonyl (C=O) groups is 1. The van der Waals surface area contributed by atoms with Crippen molar-refractivity contribution in [2.45, 2.75) is 184 Å². The SMILES string of the molecule is CC[C@H]1[C@@H](O)[C@@H]2[C@H](CC[C@]3(C)[C@@H]([C@H](C)CO)CC[C@@H]23)[C@@]2(C)CC[C@@H](C)C[C@@H]12.CC[C@H]1[C@@H](O)[C@@H]2[C@H](CC[C@]3(C)[C@@H]([C@H](C)COC(=O)n4ccnc4)CC[C@@H]23)[C@@]2(C)CC[C@@H](C)C[C@@H]12.[2H]CI. The number of hydrogen-bond acceptors (Lipinski definition) is 6. The van der Waals surface area contributed by atoms with E-state index in [0.29, 0.717) is 111 Å². The molecule has 8 fully saturated rings. The maximum Gasteiger partial charge on any atom is 0.419 e. The van der Waals surface area contributed by atoms with Gasteiger partial charge in [0.25, 0.3) is 0 Å². The van der Waals surface area contributed by atoms with Gasteiger partial charge >= 0.3 is 6.09 Å². The van der Waals surface area contributed by atoms with Gasteiger partial charge in [-0.05, 0) is 198 Å². The zero-order valence-corrected chi connectivity index (χ0v) is 43.6. The molecule has 8 aliphatic carbocycles. The Morgan fingerprint density at radius 2 is 1.16 bits per heavy atom. The van der Waals surface area contributed by atoms with Crippen LogP contribution in [0.5, 0.6) is 0 Å². The number of alkyl halides is 1. The first-order valence-electron chi connectivity index (χ1n) is 27.1. The van der Waals surface area contributed by atoms with Crippen LogP contribution < -0.4 is 0 Å². The Morgan fingerprint density at radius 3 is 1.57 bits per heavy atom. The first-order valence-corrected chi connectivity index (χ1v) is 27.9. The van der Waals surface area contributed by atoms with Gasteiger partial charge in [0.1, 0.15) is 6.33 Å². The first-order chi connectivity index (χ1) is 30.4. The van der Waals surface area contributed by atoms with Gasteiger partial charge in [0.15, 0.2) is 0 Å². The smallest absolute Gasteiger partial charge is 0.419 e. The molecule has 8 aliphatic rings. The van der Waals surface area contributed by atoms with Crippen LogP contribution in [0.4, 0.5) is 4.79 Å². The fourth-order valence-corrected chi connectivity index (χ4v) is 19.2. The predicted molar refractivity (Wildman–Crippen MR) is 264 cm³/mol. The van der Waals surface area contributed by atoms with E-state index in [2.05, 4.69) is 74.2 Å². The molecule has 0 radical (unpaired) electrons. The minimum Gasteiger partial charge on any atom is -0.449 e. The number of aliphatic hydroxyl groups excluding tert-OH is 3. The fraction of sp³-hybridized carbons (Fsp3) is 0.927. The lowest BCUT2D eigenvalue weighted by Crippen LogP contribution is -2.61. The summed E-state index contributed by atoms with van der Waals surface area (Å²) in [6.45, 7) is 25.0. The summed E-state index contributed by atoms with van der Waals surface area (Å²) in [5, 5.41) is 33.4. The average molecular weight is 990 g/mol. The van der Waals surface area contributed by atoms with Gasteiger partial charge in [0.2, 0.25) is 0 Å². The van der Waals surface area contributed by atoms with E-state index in [1.165, 1.54) is 101 Å². The minimum absolute atomic E-state index is 0.101. The molecule has 63 heavy (non-hydrogen) atoms. The maximum absolute atomic E-state index is 12.3. The second-order valence-corrected chi connectivity index (χ2v) is 24.8. The Labute approximate surface area is 399 Å². The summed E-state index contributed by atoms with van der Waals surface area (Å²) in [4.78, 5) is 16.8. The number of nitrogens with zero attached hydrogens (tertiary/aromatic N) is 2. The van der Waals surface area contributed by atoms with E-state index in [0.717, 1.165) is 30.6 Å². The van der Waals surface area contributed by atoms with E-state index >= 15 is 0 Å². The van der Waals surface area contributed by atoms with Gasteiger partial charge in [-0.15, -0.1) is 0 Å². The van der Waals surface area contributed by atoms with E-state index in [-0.39, 0.29) is 23.7 Å². The lowest BCUT2D eigenvalue weighted by molar-refractivity contribution is -0.198. The lowest BCUT2D eigenvalue weighted by atomic mass is 9.41. The molecule has 0 bridgehead atoms. The van der Waals surface area contributed by atoms with Crippen molar-refractivity contribution < 1.29 is 26.2 Å². The van der Waals surface area contributed by atoms with Crippen LogP contribution in [-0.4, -0.2) is 61.3 Å². The Hall–Kier alpha value is -0.710. The van der Waals surface area contributed by atoms with Crippen molar-refractivity contribution >= 4 is 28.7 Å². The van der Waals surface area contributed by atoms with Crippen LogP contribution in [0.15, 0.2) is 18.7 Å². The number of ether oxygens (including phenoxy) is 1. The van der Waals surface area contributed by atoms with Crippen molar-refractivity contribution in [2.24, 2.45) is 116 Å². The molecule has 0 unspecified atom stereocenters. The van der Waals surface area contributed by atoms with Crippen molar-refractivity contribution in [3.05, 3.63) is 18.7 Å². The van der Waals surface area contributed by atoms with Gasteiger partial charge in [0.05, 0.1) is 18.8 Å². The van der Waals surface area contributed by atoms with Crippen molar-refractivity contribution in [1.82, 2.24) is 9.55 Å². The summed E-state index contributed by atoms with van der Waals surface area (Å²) in [5.74, 6) is 9.43. The highest BCUT2D eigenvalue weighted by Gasteiger charge is 2.66. The van der Waals surface area contributed by atoms with E-state index < -0.39 is 0 Å². The Bertz CT molecular complexity index is 1680. The second-order valence-electron chi connectivity index (χ2n) is 24.8. The molecular formula is C55H93IN2O5. The van der Waals surface area contributed by atoms with Gasteiger partial charge in [-0.2, -0.15) is 0 Å². The van der Waals surface area contributed by atoms with Crippen molar-refractivity contribution in [3.63, 3.8) is 0 Å². The van der Waals surface area contributed by atoms with E-state index in [9.17, 15) is 20.1 Å². The molecule has 0 aliphatic heterocycles. The second kappa shape index (κ2) is 19.7. The number of fused-ring (bicyclic) bond motifs is 10. The highest BCUT2D eigenvalue weighted by atomic mass is 127. The molecule has 1 heterocycles. The summed E-state index contributed by atoms with van der Waals surface area (Å²) in [5.41, 5.74) is 1.39. The van der Waals surface area contributed by atoms with Gasteiger partial charge in [-0.1, -0.05) is 118 Å². The third kappa shape index (κ3) is 8.49. The zero-order chi connectivity index (χ0) is 46.5. The normalized spacial score (nSPS) is 49.6. The van der Waals surface area contributed by atoms with Gasteiger partial charge < -0.3 is 20.1 Å². The maximum atomic E-state index is 12.3. The number of imidazole rings is 1. The number of aliphatic hydroxyl groups is 3. The number of halogens is 1.